The van der Waals surface area contributed by atoms with Gasteiger partial charge in [-0.2, -0.15) is 5.10 Å². The predicted molar refractivity (Wildman–Crippen MR) is 97.7 cm³/mol. The quantitative estimate of drug-likeness (QED) is 0.649. The molecule has 5 heteroatoms. The lowest BCUT2D eigenvalue weighted by atomic mass is 10.1. The summed E-state index contributed by atoms with van der Waals surface area (Å²) in [7, 11) is 0. The zero-order valence-corrected chi connectivity index (χ0v) is 15.2. The van der Waals surface area contributed by atoms with Crippen molar-refractivity contribution < 1.29 is 9.21 Å². The molecule has 0 aliphatic heterocycles. The highest BCUT2D eigenvalue weighted by molar-refractivity contribution is 6.00. The summed E-state index contributed by atoms with van der Waals surface area (Å²) in [6.45, 7) is 11.9. The number of hydrogen-bond donors (Lipinski definition) is 2. The average Bonchev–Trinajstić information content (AvgIpc) is 2.82. The molecule has 1 aromatic carbocycles. The van der Waals surface area contributed by atoms with Crippen molar-refractivity contribution >= 4 is 17.3 Å². The molecule has 0 radical (unpaired) electrons. The molecule has 0 aliphatic rings. The van der Waals surface area contributed by atoms with E-state index in [4.69, 9.17) is 4.42 Å². The van der Waals surface area contributed by atoms with Gasteiger partial charge < -0.3 is 9.73 Å². The Labute approximate surface area is 143 Å². The number of carbonyl (C=O) groups is 1. The largest absolute Gasteiger partial charge is 0.466 e. The van der Waals surface area contributed by atoms with Gasteiger partial charge in [-0.1, -0.05) is 17.7 Å². The van der Waals surface area contributed by atoms with Gasteiger partial charge in [-0.25, -0.2) is 5.43 Å². The number of anilines is 1. The molecule has 2 rings (SSSR count). The first-order chi connectivity index (χ1) is 11.3. The molecule has 2 N–H and O–H groups in total. The first-order valence-electron chi connectivity index (χ1n) is 8.00. The summed E-state index contributed by atoms with van der Waals surface area (Å²) in [6.07, 6.45) is 0. The van der Waals surface area contributed by atoms with Gasteiger partial charge in [0.05, 0.1) is 12.3 Å². The van der Waals surface area contributed by atoms with Crippen LogP contribution in [0, 0.1) is 34.6 Å². The summed E-state index contributed by atoms with van der Waals surface area (Å²) in [5.41, 5.74) is 8.68. The lowest BCUT2D eigenvalue weighted by molar-refractivity contribution is -0.119. The van der Waals surface area contributed by atoms with Crippen LogP contribution in [0.25, 0.3) is 0 Å². The summed E-state index contributed by atoms with van der Waals surface area (Å²) in [6, 6.07) is 6.11. The van der Waals surface area contributed by atoms with Crippen LogP contribution in [0.3, 0.4) is 0 Å². The smallest absolute Gasteiger partial charge is 0.259 e. The van der Waals surface area contributed by atoms with Crippen molar-refractivity contribution in [2.24, 2.45) is 5.10 Å². The van der Waals surface area contributed by atoms with E-state index in [-0.39, 0.29) is 12.5 Å². The minimum atomic E-state index is -0.188. The fraction of sp³-hybridized carbons (Fsp3) is 0.368. The Hall–Kier alpha value is -2.56. The number of hydrogen-bond acceptors (Lipinski definition) is 4. The summed E-state index contributed by atoms with van der Waals surface area (Å²) >= 11 is 0. The van der Waals surface area contributed by atoms with E-state index in [1.54, 1.807) is 0 Å². The Morgan fingerprint density at radius 2 is 1.71 bits per heavy atom. The monoisotopic (exact) mass is 327 g/mol. The van der Waals surface area contributed by atoms with Gasteiger partial charge in [-0.15, -0.1) is 0 Å². The van der Waals surface area contributed by atoms with Gasteiger partial charge in [-0.3, -0.25) is 4.79 Å². The van der Waals surface area contributed by atoms with E-state index >= 15 is 0 Å². The zero-order chi connectivity index (χ0) is 17.9. The Bertz CT molecular complexity index is 765. The van der Waals surface area contributed by atoms with Crippen molar-refractivity contribution in [2.45, 2.75) is 41.5 Å². The van der Waals surface area contributed by atoms with E-state index in [2.05, 4.69) is 34.9 Å². The SMILES string of the molecule is C/C(=N/NC(=O)CNc1c(C)cc(C)cc1C)c1cc(C)oc1C. The number of nitrogens with zero attached hydrogens (tertiary/aromatic N) is 1. The second kappa shape index (κ2) is 7.34. The first-order valence-corrected chi connectivity index (χ1v) is 8.00. The summed E-state index contributed by atoms with van der Waals surface area (Å²) in [5.74, 6) is 1.44. The van der Waals surface area contributed by atoms with Crippen LogP contribution in [0.1, 0.15) is 40.7 Å². The summed E-state index contributed by atoms with van der Waals surface area (Å²) in [4.78, 5) is 12.0. The molecule has 0 spiro atoms. The van der Waals surface area contributed by atoms with Gasteiger partial charge in [0.25, 0.3) is 5.91 Å². The highest BCUT2D eigenvalue weighted by Crippen LogP contribution is 2.21. The molecular formula is C19H25N3O2. The molecule has 1 heterocycles. The molecule has 2 aromatic rings. The second-order valence-corrected chi connectivity index (χ2v) is 6.19. The van der Waals surface area contributed by atoms with E-state index < -0.39 is 0 Å². The molecule has 0 unspecified atom stereocenters. The molecule has 1 aromatic heterocycles. The molecule has 24 heavy (non-hydrogen) atoms. The lowest BCUT2D eigenvalue weighted by Gasteiger charge is -2.13. The lowest BCUT2D eigenvalue weighted by Crippen LogP contribution is -2.27. The van der Waals surface area contributed by atoms with E-state index in [9.17, 15) is 4.79 Å². The highest BCUT2D eigenvalue weighted by atomic mass is 16.3. The number of furan rings is 1. The van der Waals surface area contributed by atoms with E-state index in [1.807, 2.05) is 40.7 Å². The van der Waals surface area contributed by atoms with Crippen LogP contribution < -0.4 is 10.7 Å². The van der Waals surface area contributed by atoms with E-state index in [0.29, 0.717) is 0 Å². The predicted octanol–water partition coefficient (Wildman–Crippen LogP) is 3.77. The van der Waals surface area contributed by atoms with Crippen molar-refractivity contribution in [3.8, 4) is 0 Å². The number of nitrogens with one attached hydrogen (secondary N) is 2. The molecular weight excluding hydrogens is 302 g/mol. The standard InChI is InChI=1S/C19H25N3O2/c1-11-7-12(2)19(13(3)8-11)20-10-18(23)22-21-15(5)17-9-14(4)24-16(17)6/h7-9,20H,10H2,1-6H3,(H,22,23)/b21-15-. The molecule has 0 aliphatic carbocycles. The minimum absolute atomic E-state index is 0.172. The third-order valence-electron chi connectivity index (χ3n) is 3.88. The zero-order valence-electron chi connectivity index (χ0n) is 15.2. The van der Waals surface area contributed by atoms with Gasteiger partial charge >= 0.3 is 0 Å². The number of rotatable bonds is 5. The summed E-state index contributed by atoms with van der Waals surface area (Å²) < 4.78 is 5.48. The van der Waals surface area contributed by atoms with Gasteiger partial charge in [0.15, 0.2) is 0 Å². The molecule has 128 valence electrons. The number of carbonyl (C=O) groups excluding carboxylic acids is 1. The van der Waals surface area contributed by atoms with Crippen molar-refractivity contribution in [1.82, 2.24) is 5.43 Å². The number of aryl methyl sites for hydroxylation is 5. The fourth-order valence-corrected chi connectivity index (χ4v) is 2.86. The second-order valence-electron chi connectivity index (χ2n) is 6.19. The van der Waals surface area contributed by atoms with Crippen molar-refractivity contribution in [1.29, 1.82) is 0 Å². The first kappa shape index (κ1) is 17.8. The molecule has 5 nitrogen and oxygen atoms in total. The Morgan fingerprint density at radius 1 is 1.08 bits per heavy atom. The maximum absolute atomic E-state index is 12.0. The van der Waals surface area contributed by atoms with Crippen LogP contribution in [0.15, 0.2) is 27.7 Å². The number of hydrazone groups is 1. The van der Waals surface area contributed by atoms with Crippen LogP contribution in [0.5, 0.6) is 0 Å². The maximum atomic E-state index is 12.0. The van der Waals surface area contributed by atoms with Crippen molar-refractivity contribution in [3.63, 3.8) is 0 Å². The third kappa shape index (κ3) is 4.25. The minimum Gasteiger partial charge on any atom is -0.466 e. The van der Waals surface area contributed by atoms with E-state index in [1.165, 1.54) is 5.56 Å². The molecule has 0 saturated heterocycles. The van der Waals surface area contributed by atoms with Crippen LogP contribution >= 0.6 is 0 Å². The van der Waals surface area contributed by atoms with E-state index in [0.717, 1.165) is 39.6 Å². The summed E-state index contributed by atoms with van der Waals surface area (Å²) in [5, 5.41) is 7.34. The number of benzene rings is 1. The fourth-order valence-electron chi connectivity index (χ4n) is 2.86. The van der Waals surface area contributed by atoms with Gasteiger partial charge in [0.2, 0.25) is 0 Å². The Morgan fingerprint density at radius 3 is 2.25 bits per heavy atom. The molecule has 0 saturated carbocycles. The topological polar surface area (TPSA) is 66.6 Å². The third-order valence-corrected chi connectivity index (χ3v) is 3.88. The Balaban J connectivity index is 1.97. The number of amides is 1. The highest BCUT2D eigenvalue weighted by Gasteiger charge is 2.09. The Kier molecular flexibility index (Phi) is 5.44. The van der Waals surface area contributed by atoms with Crippen LogP contribution in [-0.4, -0.2) is 18.2 Å². The molecule has 0 fully saturated rings. The van der Waals surface area contributed by atoms with Gasteiger partial charge in [-0.05, 0) is 58.7 Å². The van der Waals surface area contributed by atoms with Crippen LogP contribution in [-0.2, 0) is 4.79 Å². The van der Waals surface area contributed by atoms with Crippen LogP contribution in [0.4, 0.5) is 5.69 Å². The average molecular weight is 327 g/mol. The maximum Gasteiger partial charge on any atom is 0.259 e. The van der Waals surface area contributed by atoms with Gasteiger partial charge in [0.1, 0.15) is 11.5 Å². The van der Waals surface area contributed by atoms with Crippen LogP contribution in [0.2, 0.25) is 0 Å². The van der Waals surface area contributed by atoms with Crippen molar-refractivity contribution in [3.05, 3.63) is 52.0 Å². The molecule has 0 atom stereocenters. The molecule has 0 bridgehead atoms. The van der Waals surface area contributed by atoms with Gasteiger partial charge in [0, 0.05) is 11.3 Å². The van der Waals surface area contributed by atoms with Crippen molar-refractivity contribution in [2.75, 3.05) is 11.9 Å². The normalized spacial score (nSPS) is 11.5. The molecule has 1 amide bonds.